The summed E-state index contributed by atoms with van der Waals surface area (Å²) < 4.78 is 13.3. The molecule has 0 spiro atoms. The van der Waals surface area contributed by atoms with Gasteiger partial charge in [0.1, 0.15) is 0 Å². The summed E-state index contributed by atoms with van der Waals surface area (Å²) in [7, 11) is 0. The maximum Gasteiger partial charge on any atom is 0.273 e. The molecule has 0 saturated carbocycles. The fourth-order valence-corrected chi connectivity index (χ4v) is 1.43. The van der Waals surface area contributed by atoms with Crippen LogP contribution in [0.3, 0.4) is 0 Å². The molecule has 0 bridgehead atoms. The molecular formula is C11H9FN2O3S. The minimum atomic E-state index is -0.882. The number of nitrogens with zero attached hydrogens (tertiary/aromatic N) is 1. The quantitative estimate of drug-likeness (QED) is 0.383. The van der Waals surface area contributed by atoms with E-state index in [2.05, 4.69) is 11.8 Å². The van der Waals surface area contributed by atoms with Crippen LogP contribution in [-0.2, 0) is 4.79 Å². The van der Waals surface area contributed by atoms with E-state index in [0.29, 0.717) is 0 Å². The average Bonchev–Trinajstić information content (AvgIpc) is 2.28. The van der Waals surface area contributed by atoms with Crippen LogP contribution in [0, 0.1) is 27.8 Å². The lowest BCUT2D eigenvalue weighted by molar-refractivity contribution is -0.385. The number of rotatable bonds is 2. The Balaban J connectivity index is 3.00. The molecule has 1 aromatic rings. The Morgan fingerprint density at radius 3 is 2.83 bits per heavy atom. The summed E-state index contributed by atoms with van der Waals surface area (Å²) in [6, 6.07) is 1.84. The van der Waals surface area contributed by atoms with Gasteiger partial charge >= 0.3 is 0 Å². The Hall–Kier alpha value is -2.07. The van der Waals surface area contributed by atoms with Crippen LogP contribution in [0.5, 0.6) is 0 Å². The number of nitro groups is 1. The van der Waals surface area contributed by atoms with E-state index >= 15 is 0 Å². The number of hydrogen-bond acceptors (Lipinski definition) is 5. The van der Waals surface area contributed by atoms with Crippen molar-refractivity contribution in [2.75, 3.05) is 11.5 Å². The summed E-state index contributed by atoms with van der Waals surface area (Å²) in [4.78, 5) is 20.5. The number of nitro benzene ring substituents is 1. The second-order valence-corrected chi connectivity index (χ2v) is 4.38. The molecule has 5 nitrogen and oxygen atoms in total. The van der Waals surface area contributed by atoms with E-state index < -0.39 is 16.4 Å². The number of thioether (sulfide) groups is 1. The van der Waals surface area contributed by atoms with Crippen molar-refractivity contribution in [3.8, 4) is 11.8 Å². The molecule has 0 radical (unpaired) electrons. The smallest absolute Gasteiger partial charge is 0.273 e. The molecule has 0 aliphatic rings. The van der Waals surface area contributed by atoms with Gasteiger partial charge in [0, 0.05) is 13.0 Å². The fourth-order valence-electron chi connectivity index (χ4n) is 1.08. The van der Waals surface area contributed by atoms with Crippen molar-refractivity contribution in [3.63, 3.8) is 0 Å². The molecule has 0 amide bonds. The lowest BCUT2D eigenvalue weighted by Gasteiger charge is -2.00. The maximum atomic E-state index is 13.3. The number of carbonyl (C=O) groups is 1. The van der Waals surface area contributed by atoms with Crippen LogP contribution in [0.4, 0.5) is 15.8 Å². The number of nitrogens with two attached hydrogens (primary N) is 1. The third kappa shape index (κ3) is 3.75. The van der Waals surface area contributed by atoms with Gasteiger partial charge in [-0.15, -0.1) is 0 Å². The molecule has 0 aliphatic carbocycles. The summed E-state index contributed by atoms with van der Waals surface area (Å²) in [5.41, 5.74) is 4.82. The van der Waals surface area contributed by atoms with Crippen LogP contribution in [0.2, 0.25) is 0 Å². The van der Waals surface area contributed by atoms with Gasteiger partial charge in [0.2, 0.25) is 0 Å². The number of benzene rings is 1. The Labute approximate surface area is 107 Å². The maximum absolute atomic E-state index is 13.3. The number of carbonyl (C=O) groups excluding carboxylic acids is 1. The van der Waals surface area contributed by atoms with Gasteiger partial charge in [0.25, 0.3) is 5.69 Å². The fraction of sp³-hybridized carbons (Fsp3) is 0.182. The molecule has 0 aliphatic heterocycles. The Bertz CT molecular complexity index is 563. The minimum absolute atomic E-state index is 0.0471. The van der Waals surface area contributed by atoms with Crippen molar-refractivity contribution in [3.05, 3.63) is 33.6 Å². The summed E-state index contributed by atoms with van der Waals surface area (Å²) in [6.07, 6.45) is 0. The van der Waals surface area contributed by atoms with Crippen molar-refractivity contribution in [2.45, 2.75) is 6.92 Å². The second kappa shape index (κ2) is 6.02. The summed E-state index contributed by atoms with van der Waals surface area (Å²) in [5.74, 6) is 4.44. The van der Waals surface area contributed by atoms with E-state index in [0.717, 1.165) is 23.9 Å². The Morgan fingerprint density at radius 1 is 1.61 bits per heavy atom. The number of anilines is 1. The lowest BCUT2D eigenvalue weighted by Crippen LogP contribution is -1.98. The van der Waals surface area contributed by atoms with Crippen LogP contribution in [-0.4, -0.2) is 15.8 Å². The van der Waals surface area contributed by atoms with Gasteiger partial charge in [-0.1, -0.05) is 23.6 Å². The van der Waals surface area contributed by atoms with Crippen molar-refractivity contribution < 1.29 is 14.1 Å². The molecule has 7 heteroatoms. The van der Waals surface area contributed by atoms with Crippen molar-refractivity contribution >= 4 is 28.3 Å². The van der Waals surface area contributed by atoms with Crippen molar-refractivity contribution in [2.24, 2.45) is 0 Å². The molecule has 0 aromatic heterocycles. The van der Waals surface area contributed by atoms with Gasteiger partial charge in [-0.2, -0.15) is 0 Å². The second-order valence-electron chi connectivity index (χ2n) is 3.23. The molecule has 0 atom stereocenters. The van der Waals surface area contributed by atoms with Gasteiger partial charge in [-0.3, -0.25) is 14.9 Å². The zero-order valence-electron chi connectivity index (χ0n) is 9.40. The van der Waals surface area contributed by atoms with E-state index in [9.17, 15) is 19.3 Å². The first kappa shape index (κ1) is 14.0. The summed E-state index contributed by atoms with van der Waals surface area (Å²) in [6.45, 7) is 1.40. The van der Waals surface area contributed by atoms with Crippen LogP contribution >= 0.6 is 11.8 Å². The molecule has 0 unspecified atom stereocenters. The van der Waals surface area contributed by atoms with Gasteiger partial charge in [0.05, 0.1) is 28.0 Å². The molecular weight excluding hydrogens is 259 g/mol. The SMILES string of the molecule is CC(=O)SCC#Cc1cc([N+](=O)[O-])cc(F)c1N. The van der Waals surface area contributed by atoms with Crippen LogP contribution in [0.1, 0.15) is 12.5 Å². The number of halogens is 1. The highest BCUT2D eigenvalue weighted by Gasteiger charge is 2.13. The number of hydrogen-bond donors (Lipinski definition) is 1. The average molecular weight is 268 g/mol. The lowest BCUT2D eigenvalue weighted by atomic mass is 10.1. The minimum Gasteiger partial charge on any atom is -0.395 e. The van der Waals surface area contributed by atoms with Gasteiger partial charge in [-0.05, 0) is 0 Å². The molecule has 0 heterocycles. The molecule has 2 N–H and O–H groups in total. The van der Waals surface area contributed by atoms with Gasteiger partial charge in [0.15, 0.2) is 10.9 Å². The Morgan fingerprint density at radius 2 is 2.28 bits per heavy atom. The zero-order valence-corrected chi connectivity index (χ0v) is 10.2. The first-order valence-corrected chi connectivity index (χ1v) is 5.76. The Kier molecular flexibility index (Phi) is 4.68. The predicted octanol–water partition coefficient (Wildman–Crippen LogP) is 1.95. The van der Waals surface area contributed by atoms with Crippen LogP contribution in [0.15, 0.2) is 12.1 Å². The van der Waals surface area contributed by atoms with Crippen molar-refractivity contribution in [1.82, 2.24) is 0 Å². The highest BCUT2D eigenvalue weighted by molar-refractivity contribution is 8.13. The molecule has 18 heavy (non-hydrogen) atoms. The zero-order chi connectivity index (χ0) is 13.7. The van der Waals surface area contributed by atoms with Crippen LogP contribution in [0.25, 0.3) is 0 Å². The monoisotopic (exact) mass is 268 g/mol. The number of nitrogen functional groups attached to an aromatic ring is 1. The van der Waals surface area contributed by atoms with Gasteiger partial charge in [-0.25, -0.2) is 4.39 Å². The molecule has 1 rings (SSSR count). The molecule has 0 saturated heterocycles. The molecule has 1 aromatic carbocycles. The molecule has 0 fully saturated rings. The van der Waals surface area contributed by atoms with Gasteiger partial charge < -0.3 is 5.73 Å². The largest absolute Gasteiger partial charge is 0.395 e. The first-order chi connectivity index (χ1) is 8.41. The predicted molar refractivity (Wildman–Crippen MR) is 67.5 cm³/mol. The number of non-ortho nitro benzene ring substituents is 1. The normalized spacial score (nSPS) is 9.44. The third-order valence-electron chi connectivity index (χ3n) is 1.90. The van der Waals surface area contributed by atoms with E-state index in [1.54, 1.807) is 0 Å². The third-order valence-corrected chi connectivity index (χ3v) is 2.59. The standard InChI is InChI=1S/C11H9FN2O3S/c1-7(15)18-4-2-3-8-5-9(14(16)17)6-10(12)11(8)13/h5-6H,4,13H2,1H3. The van der Waals surface area contributed by atoms with Crippen molar-refractivity contribution in [1.29, 1.82) is 0 Å². The van der Waals surface area contributed by atoms with E-state index in [1.807, 2.05) is 0 Å². The van der Waals surface area contributed by atoms with E-state index in [1.165, 1.54) is 6.92 Å². The van der Waals surface area contributed by atoms with E-state index in [-0.39, 0.29) is 22.1 Å². The summed E-state index contributed by atoms with van der Waals surface area (Å²) >= 11 is 0.990. The van der Waals surface area contributed by atoms with E-state index in [4.69, 9.17) is 5.73 Å². The topological polar surface area (TPSA) is 86.2 Å². The van der Waals surface area contributed by atoms with Crippen LogP contribution < -0.4 is 5.73 Å². The first-order valence-electron chi connectivity index (χ1n) is 4.77. The highest BCUT2D eigenvalue weighted by Crippen LogP contribution is 2.22. The molecule has 94 valence electrons. The highest BCUT2D eigenvalue weighted by atomic mass is 32.2. The summed E-state index contributed by atoms with van der Waals surface area (Å²) in [5, 5.41) is 10.4.